The van der Waals surface area contributed by atoms with Crippen LogP contribution in [0.15, 0.2) is 24.3 Å². The number of likely N-dealkylation sites (tertiary alicyclic amines) is 1. The van der Waals surface area contributed by atoms with Gasteiger partial charge >= 0.3 is 6.09 Å². The van der Waals surface area contributed by atoms with Gasteiger partial charge < -0.3 is 14.5 Å². The maximum Gasteiger partial charge on any atom is 0.410 e. The summed E-state index contributed by atoms with van der Waals surface area (Å²) in [4.78, 5) is 41.8. The van der Waals surface area contributed by atoms with Crippen molar-refractivity contribution in [2.75, 3.05) is 50.7 Å². The molecule has 3 fully saturated rings. The van der Waals surface area contributed by atoms with Crippen molar-refractivity contribution in [2.24, 2.45) is 0 Å². The molecule has 1 aromatic carbocycles. The monoisotopic (exact) mass is 488 g/mol. The summed E-state index contributed by atoms with van der Waals surface area (Å²) >= 11 is 0. The Bertz CT molecular complexity index is 930. The zero-order chi connectivity index (χ0) is 25.2. The minimum absolute atomic E-state index is 0.204. The number of imide groups is 1. The molecule has 192 valence electrons. The van der Waals surface area contributed by atoms with Gasteiger partial charge in [-0.05, 0) is 44.9 Å². The molecule has 35 heavy (non-hydrogen) atoms. The van der Waals surface area contributed by atoms with Crippen molar-refractivity contribution in [1.82, 2.24) is 15.1 Å². The molecule has 0 aromatic heterocycles. The van der Waals surface area contributed by atoms with Crippen molar-refractivity contribution in [3.63, 3.8) is 0 Å². The highest BCUT2D eigenvalue weighted by molar-refractivity contribution is 6.00. The Kier molecular flexibility index (Phi) is 7.35. The number of alkyl halides is 1. The molecular weight excluding hydrogens is 451 g/mol. The van der Waals surface area contributed by atoms with E-state index >= 15 is 4.39 Å². The lowest BCUT2D eigenvalue weighted by Crippen LogP contribution is -2.54. The molecule has 3 saturated heterocycles. The topological polar surface area (TPSA) is 82.2 Å². The molecule has 8 nitrogen and oxygen atoms in total. The van der Waals surface area contributed by atoms with E-state index in [-0.39, 0.29) is 23.8 Å². The van der Waals surface area contributed by atoms with Crippen LogP contribution in [-0.2, 0) is 14.3 Å². The SMILES string of the molecule is CC(C)(C)OC(=O)N1CCC(F)(CN2CCN(c3ccc(C4CCC(=O)NC4=O)cc3)CC2)CC1. The fourth-order valence-corrected chi connectivity index (χ4v) is 5.07. The zero-order valence-electron chi connectivity index (χ0n) is 21.0. The number of halogens is 1. The van der Waals surface area contributed by atoms with Gasteiger partial charge in [0.1, 0.15) is 11.3 Å². The molecule has 9 heteroatoms. The first-order chi connectivity index (χ1) is 16.5. The van der Waals surface area contributed by atoms with E-state index in [1.54, 1.807) is 4.90 Å². The van der Waals surface area contributed by atoms with Gasteiger partial charge in [-0.2, -0.15) is 0 Å². The van der Waals surface area contributed by atoms with Crippen LogP contribution in [0.4, 0.5) is 14.9 Å². The standard InChI is InChI=1S/C26H37FN4O4/c1-25(2,3)35-24(34)31-12-10-26(27,11-13-31)18-29-14-16-30(17-15-29)20-6-4-19(5-7-20)21-8-9-22(32)28-23(21)33/h4-7,21H,8-18H2,1-3H3,(H,28,32,33). The lowest BCUT2D eigenvalue weighted by atomic mass is 9.90. The molecule has 3 aliphatic rings. The van der Waals surface area contributed by atoms with Crippen LogP contribution in [0.3, 0.4) is 0 Å². The van der Waals surface area contributed by atoms with E-state index in [4.69, 9.17) is 4.74 Å². The Hall–Kier alpha value is -2.68. The molecule has 0 spiro atoms. The van der Waals surface area contributed by atoms with Crippen molar-refractivity contribution in [1.29, 1.82) is 0 Å². The molecule has 0 radical (unpaired) electrons. The summed E-state index contributed by atoms with van der Waals surface area (Å²) in [5, 5.41) is 2.41. The van der Waals surface area contributed by atoms with Crippen LogP contribution in [0, 0.1) is 0 Å². The van der Waals surface area contributed by atoms with Crippen LogP contribution < -0.4 is 10.2 Å². The number of nitrogens with one attached hydrogen (secondary N) is 1. The first kappa shape index (κ1) is 25.4. The normalized spacial score (nSPS) is 23.7. The summed E-state index contributed by atoms with van der Waals surface area (Å²) in [5.74, 6) is -0.704. The van der Waals surface area contributed by atoms with E-state index < -0.39 is 11.3 Å². The highest BCUT2D eigenvalue weighted by Crippen LogP contribution is 2.30. The van der Waals surface area contributed by atoms with Gasteiger partial charge in [-0.1, -0.05) is 12.1 Å². The second-order valence-electron chi connectivity index (χ2n) is 11.0. The minimum atomic E-state index is -1.29. The summed E-state index contributed by atoms with van der Waals surface area (Å²) in [6.45, 7) is 9.80. The maximum atomic E-state index is 15.5. The number of carbonyl (C=O) groups is 3. The zero-order valence-corrected chi connectivity index (χ0v) is 21.0. The first-order valence-electron chi connectivity index (χ1n) is 12.6. The quantitative estimate of drug-likeness (QED) is 0.656. The third kappa shape index (κ3) is 6.51. The van der Waals surface area contributed by atoms with Crippen molar-refractivity contribution in [3.05, 3.63) is 29.8 Å². The largest absolute Gasteiger partial charge is 0.444 e. The molecule has 0 bridgehead atoms. The van der Waals surface area contributed by atoms with E-state index in [1.165, 1.54) is 0 Å². The molecule has 1 N–H and O–H groups in total. The molecule has 1 unspecified atom stereocenters. The first-order valence-corrected chi connectivity index (χ1v) is 12.6. The van der Waals surface area contributed by atoms with Gasteiger partial charge in [0.05, 0.1) is 5.92 Å². The Morgan fingerprint density at radius 1 is 1.06 bits per heavy atom. The predicted molar refractivity (Wildman–Crippen MR) is 131 cm³/mol. The Morgan fingerprint density at radius 3 is 2.26 bits per heavy atom. The van der Waals surface area contributed by atoms with Crippen LogP contribution in [0.2, 0.25) is 0 Å². The average molecular weight is 489 g/mol. The van der Waals surface area contributed by atoms with Crippen LogP contribution >= 0.6 is 0 Å². The van der Waals surface area contributed by atoms with Crippen molar-refractivity contribution < 1.29 is 23.5 Å². The number of rotatable bonds is 4. The lowest BCUT2D eigenvalue weighted by Gasteiger charge is -2.42. The number of carbonyl (C=O) groups excluding carboxylic acids is 3. The average Bonchev–Trinajstić information content (AvgIpc) is 2.79. The van der Waals surface area contributed by atoms with Gasteiger partial charge in [-0.25, -0.2) is 9.18 Å². The lowest BCUT2D eigenvalue weighted by molar-refractivity contribution is -0.134. The van der Waals surface area contributed by atoms with E-state index in [1.807, 2.05) is 45.0 Å². The molecular formula is C26H37FN4O4. The second-order valence-corrected chi connectivity index (χ2v) is 11.0. The Labute approximate surface area is 206 Å². The number of piperazine rings is 1. The van der Waals surface area contributed by atoms with Crippen LogP contribution in [0.5, 0.6) is 0 Å². The number of hydrogen-bond acceptors (Lipinski definition) is 6. The van der Waals surface area contributed by atoms with Gasteiger partial charge in [0, 0.05) is 70.8 Å². The summed E-state index contributed by atoms with van der Waals surface area (Å²) in [5.41, 5.74) is 0.173. The van der Waals surface area contributed by atoms with E-state index in [0.717, 1.165) is 37.4 Å². The van der Waals surface area contributed by atoms with E-state index in [2.05, 4.69) is 15.1 Å². The Morgan fingerprint density at radius 2 is 1.69 bits per heavy atom. The predicted octanol–water partition coefficient (Wildman–Crippen LogP) is 3.07. The van der Waals surface area contributed by atoms with Crippen molar-refractivity contribution in [3.8, 4) is 0 Å². The fourth-order valence-electron chi connectivity index (χ4n) is 5.07. The number of benzene rings is 1. The number of ether oxygens (including phenoxy) is 1. The highest BCUT2D eigenvalue weighted by Gasteiger charge is 2.39. The highest BCUT2D eigenvalue weighted by atomic mass is 19.1. The maximum absolute atomic E-state index is 15.5. The molecule has 1 atom stereocenters. The fraction of sp³-hybridized carbons (Fsp3) is 0.654. The van der Waals surface area contributed by atoms with Gasteiger partial charge in [0.25, 0.3) is 0 Å². The molecule has 3 aliphatic heterocycles. The minimum Gasteiger partial charge on any atom is -0.444 e. The third-order valence-electron chi connectivity index (χ3n) is 7.09. The molecule has 0 saturated carbocycles. The second kappa shape index (κ2) is 10.1. The van der Waals surface area contributed by atoms with E-state index in [9.17, 15) is 14.4 Å². The number of hydrogen-bond donors (Lipinski definition) is 1. The van der Waals surface area contributed by atoms with Crippen LogP contribution in [0.25, 0.3) is 0 Å². The summed E-state index contributed by atoms with van der Waals surface area (Å²) in [6.07, 6.45) is 1.21. The van der Waals surface area contributed by atoms with Gasteiger partial charge in [0.2, 0.25) is 11.8 Å². The van der Waals surface area contributed by atoms with Crippen LogP contribution in [0.1, 0.15) is 57.9 Å². The smallest absolute Gasteiger partial charge is 0.410 e. The molecule has 1 aromatic rings. The summed E-state index contributed by atoms with van der Waals surface area (Å²) < 4.78 is 21.0. The van der Waals surface area contributed by atoms with Gasteiger partial charge in [-0.3, -0.25) is 19.8 Å². The van der Waals surface area contributed by atoms with Gasteiger partial charge in [-0.15, -0.1) is 0 Å². The van der Waals surface area contributed by atoms with Crippen molar-refractivity contribution in [2.45, 2.75) is 63.6 Å². The Balaban J connectivity index is 1.24. The molecule has 4 rings (SSSR count). The van der Waals surface area contributed by atoms with Gasteiger partial charge in [0.15, 0.2) is 0 Å². The number of anilines is 1. The number of nitrogens with zero attached hydrogens (tertiary/aromatic N) is 3. The summed E-state index contributed by atoms with van der Waals surface area (Å²) in [7, 11) is 0. The van der Waals surface area contributed by atoms with Crippen molar-refractivity contribution >= 4 is 23.6 Å². The number of amides is 3. The summed E-state index contributed by atoms with van der Waals surface area (Å²) in [6, 6.07) is 7.99. The van der Waals surface area contributed by atoms with E-state index in [0.29, 0.717) is 45.3 Å². The van der Waals surface area contributed by atoms with Crippen LogP contribution in [-0.4, -0.2) is 84.8 Å². The molecule has 0 aliphatic carbocycles. The number of piperidine rings is 2. The molecule has 3 heterocycles. The molecule has 3 amide bonds. The third-order valence-corrected chi connectivity index (χ3v) is 7.09.